The molecule has 0 N–H and O–H groups in total. The normalized spacial score (nSPS) is 23.1. The van der Waals surface area contributed by atoms with E-state index in [4.69, 9.17) is 0 Å². The van der Waals surface area contributed by atoms with Gasteiger partial charge in [0.05, 0.1) is 0 Å². The van der Waals surface area contributed by atoms with E-state index in [1.54, 1.807) is 4.90 Å². The van der Waals surface area contributed by atoms with Crippen LogP contribution in [0.5, 0.6) is 0 Å². The van der Waals surface area contributed by atoms with Crippen LogP contribution < -0.4 is 0 Å². The lowest BCUT2D eigenvalue weighted by Gasteiger charge is -2.35. The minimum atomic E-state index is -0.308. The van der Waals surface area contributed by atoms with Gasteiger partial charge in [-0.1, -0.05) is 13.8 Å². The molecule has 0 radical (unpaired) electrons. The number of likely N-dealkylation sites (N-methyl/N-ethyl adjacent to an activating group) is 1. The minimum Gasteiger partial charge on any atom is -0.336 e. The van der Waals surface area contributed by atoms with Crippen molar-refractivity contribution in [3.05, 3.63) is 0 Å². The quantitative estimate of drug-likeness (QED) is 0.545. The predicted molar refractivity (Wildman–Crippen MR) is 45.7 cm³/mol. The third kappa shape index (κ3) is 1.65. The SMILES string of the molecule is CCN1CC(C)(C)CC(=O)C1=O. The maximum Gasteiger partial charge on any atom is 0.289 e. The van der Waals surface area contributed by atoms with Crippen LogP contribution in [-0.4, -0.2) is 29.7 Å². The van der Waals surface area contributed by atoms with Gasteiger partial charge in [-0.2, -0.15) is 0 Å². The molecule has 0 bridgehead atoms. The van der Waals surface area contributed by atoms with Gasteiger partial charge in [0.15, 0.2) is 0 Å². The van der Waals surface area contributed by atoms with E-state index < -0.39 is 0 Å². The average Bonchev–Trinajstić information content (AvgIpc) is 1.96. The average molecular weight is 169 g/mol. The summed E-state index contributed by atoms with van der Waals surface area (Å²) in [4.78, 5) is 24.0. The van der Waals surface area contributed by atoms with Gasteiger partial charge < -0.3 is 4.90 Å². The lowest BCUT2D eigenvalue weighted by molar-refractivity contribution is -0.150. The van der Waals surface area contributed by atoms with Crippen molar-refractivity contribution in [1.82, 2.24) is 4.90 Å². The second kappa shape index (κ2) is 2.88. The second-order valence-electron chi connectivity index (χ2n) is 4.08. The van der Waals surface area contributed by atoms with Gasteiger partial charge in [-0.15, -0.1) is 0 Å². The molecule has 68 valence electrons. The largest absolute Gasteiger partial charge is 0.336 e. The fourth-order valence-electron chi connectivity index (χ4n) is 1.59. The Bertz CT molecular complexity index is 221. The van der Waals surface area contributed by atoms with E-state index >= 15 is 0 Å². The van der Waals surface area contributed by atoms with Crippen LogP contribution in [0.25, 0.3) is 0 Å². The van der Waals surface area contributed by atoms with Crippen LogP contribution in [-0.2, 0) is 9.59 Å². The number of hydrogen-bond donors (Lipinski definition) is 0. The van der Waals surface area contributed by atoms with E-state index in [2.05, 4.69) is 0 Å². The summed E-state index contributed by atoms with van der Waals surface area (Å²) in [5, 5.41) is 0. The molecule has 1 aliphatic heterocycles. The summed E-state index contributed by atoms with van der Waals surface area (Å²) in [6.07, 6.45) is 0.391. The molecule has 0 aromatic rings. The number of piperidine rings is 1. The Labute approximate surface area is 72.7 Å². The molecule has 0 aromatic carbocycles. The maximum atomic E-state index is 11.2. The Morgan fingerprint density at radius 3 is 2.50 bits per heavy atom. The highest BCUT2D eigenvalue weighted by Crippen LogP contribution is 2.26. The predicted octanol–water partition coefficient (Wildman–Crippen LogP) is 0.834. The molecule has 0 spiro atoms. The van der Waals surface area contributed by atoms with Crippen LogP contribution in [0, 0.1) is 5.41 Å². The fraction of sp³-hybridized carbons (Fsp3) is 0.778. The molecule has 1 aliphatic rings. The maximum absolute atomic E-state index is 11.2. The first-order valence-electron chi connectivity index (χ1n) is 4.28. The van der Waals surface area contributed by atoms with Gasteiger partial charge >= 0.3 is 0 Å². The van der Waals surface area contributed by atoms with E-state index in [-0.39, 0.29) is 17.1 Å². The van der Waals surface area contributed by atoms with E-state index in [0.717, 1.165) is 0 Å². The zero-order valence-electron chi connectivity index (χ0n) is 7.89. The minimum absolute atomic E-state index is 0.0407. The molecule has 0 aliphatic carbocycles. The van der Waals surface area contributed by atoms with Crippen molar-refractivity contribution in [2.45, 2.75) is 27.2 Å². The van der Waals surface area contributed by atoms with E-state index in [9.17, 15) is 9.59 Å². The number of nitrogens with zero attached hydrogens (tertiary/aromatic N) is 1. The van der Waals surface area contributed by atoms with E-state index in [0.29, 0.717) is 19.5 Å². The molecule has 0 atom stereocenters. The Morgan fingerprint density at radius 2 is 2.00 bits per heavy atom. The Balaban J connectivity index is 2.78. The number of amides is 1. The molecule has 3 nitrogen and oxygen atoms in total. The van der Waals surface area contributed by atoms with Crippen molar-refractivity contribution in [1.29, 1.82) is 0 Å². The number of carbonyl (C=O) groups excluding carboxylic acids is 2. The van der Waals surface area contributed by atoms with E-state index in [1.807, 2.05) is 20.8 Å². The molecule has 12 heavy (non-hydrogen) atoms. The van der Waals surface area contributed by atoms with Crippen molar-refractivity contribution in [2.75, 3.05) is 13.1 Å². The van der Waals surface area contributed by atoms with Crippen LogP contribution in [0.1, 0.15) is 27.2 Å². The van der Waals surface area contributed by atoms with Gasteiger partial charge in [-0.3, -0.25) is 9.59 Å². The molecule has 1 fully saturated rings. The number of hydrogen-bond acceptors (Lipinski definition) is 2. The first-order chi connectivity index (χ1) is 5.46. The molecule has 1 amide bonds. The van der Waals surface area contributed by atoms with Crippen molar-refractivity contribution < 1.29 is 9.59 Å². The van der Waals surface area contributed by atoms with Gasteiger partial charge in [-0.25, -0.2) is 0 Å². The third-order valence-corrected chi connectivity index (χ3v) is 2.17. The first kappa shape index (κ1) is 9.23. The van der Waals surface area contributed by atoms with Crippen molar-refractivity contribution >= 4 is 11.7 Å². The molecule has 0 saturated carbocycles. The van der Waals surface area contributed by atoms with Gasteiger partial charge in [0.1, 0.15) is 0 Å². The molecule has 1 heterocycles. The zero-order chi connectivity index (χ0) is 9.35. The molecule has 0 aromatic heterocycles. The number of ketones is 1. The van der Waals surface area contributed by atoms with Crippen molar-refractivity contribution in [3.63, 3.8) is 0 Å². The highest BCUT2D eigenvalue weighted by molar-refractivity contribution is 6.36. The Morgan fingerprint density at radius 1 is 1.42 bits per heavy atom. The monoisotopic (exact) mass is 169 g/mol. The summed E-state index contributed by atoms with van der Waals surface area (Å²) in [5.41, 5.74) is -0.0407. The lowest BCUT2D eigenvalue weighted by Crippen LogP contribution is -2.49. The van der Waals surface area contributed by atoms with Gasteiger partial charge in [0.25, 0.3) is 5.91 Å². The number of Topliss-reactive ketones (excluding diaryl/α,β-unsaturated/α-hetero) is 1. The van der Waals surface area contributed by atoms with Crippen LogP contribution >= 0.6 is 0 Å². The summed E-state index contributed by atoms with van der Waals surface area (Å²) in [5.74, 6) is -0.551. The number of rotatable bonds is 1. The topological polar surface area (TPSA) is 37.4 Å². The second-order valence-corrected chi connectivity index (χ2v) is 4.08. The van der Waals surface area contributed by atoms with Crippen LogP contribution in [0.4, 0.5) is 0 Å². The molecule has 3 heteroatoms. The highest BCUT2D eigenvalue weighted by atomic mass is 16.2. The summed E-state index contributed by atoms with van der Waals surface area (Å²) < 4.78 is 0. The summed E-state index contributed by atoms with van der Waals surface area (Å²) in [7, 11) is 0. The van der Waals surface area contributed by atoms with Crippen molar-refractivity contribution in [2.24, 2.45) is 5.41 Å². The smallest absolute Gasteiger partial charge is 0.289 e. The fourth-order valence-corrected chi connectivity index (χ4v) is 1.59. The third-order valence-electron chi connectivity index (χ3n) is 2.17. The summed E-state index contributed by atoms with van der Waals surface area (Å²) in [6, 6.07) is 0. The molecular weight excluding hydrogens is 154 g/mol. The number of likely N-dealkylation sites (tertiary alicyclic amines) is 1. The van der Waals surface area contributed by atoms with Crippen LogP contribution in [0.15, 0.2) is 0 Å². The summed E-state index contributed by atoms with van der Waals surface area (Å²) in [6.45, 7) is 7.26. The van der Waals surface area contributed by atoms with Gasteiger partial charge in [-0.05, 0) is 12.3 Å². The molecule has 0 unspecified atom stereocenters. The van der Waals surface area contributed by atoms with Crippen molar-refractivity contribution in [3.8, 4) is 0 Å². The number of carbonyl (C=O) groups is 2. The highest BCUT2D eigenvalue weighted by Gasteiger charge is 2.36. The van der Waals surface area contributed by atoms with Crippen LogP contribution in [0.2, 0.25) is 0 Å². The van der Waals surface area contributed by atoms with E-state index in [1.165, 1.54) is 0 Å². The zero-order valence-corrected chi connectivity index (χ0v) is 7.89. The van der Waals surface area contributed by atoms with Gasteiger partial charge in [0.2, 0.25) is 5.78 Å². The standard InChI is InChI=1S/C9H15NO2/c1-4-10-6-9(2,3)5-7(11)8(10)12/h4-6H2,1-3H3. The summed E-state index contributed by atoms with van der Waals surface area (Å²) >= 11 is 0. The molecular formula is C9H15NO2. The van der Waals surface area contributed by atoms with Gasteiger partial charge in [0, 0.05) is 19.5 Å². The lowest BCUT2D eigenvalue weighted by atomic mass is 9.83. The molecule has 1 saturated heterocycles. The Hall–Kier alpha value is -0.860. The van der Waals surface area contributed by atoms with Crippen LogP contribution in [0.3, 0.4) is 0 Å². The Kier molecular flexibility index (Phi) is 2.22. The molecule has 1 rings (SSSR count). The first-order valence-corrected chi connectivity index (χ1v) is 4.28.